The van der Waals surface area contributed by atoms with Crippen molar-refractivity contribution in [3.05, 3.63) is 29.9 Å². The highest BCUT2D eigenvalue weighted by Crippen LogP contribution is 2.23. The molecular formula is C13H18N4O. The van der Waals surface area contributed by atoms with Crippen LogP contribution in [0.5, 0.6) is 0 Å². The molecule has 0 aliphatic rings. The molecule has 0 amide bonds. The topological polar surface area (TPSA) is 77.8 Å². The number of nitrogens with zero attached hydrogens (tertiary/aromatic N) is 3. The van der Waals surface area contributed by atoms with Crippen molar-refractivity contribution in [1.29, 1.82) is 0 Å². The lowest BCUT2D eigenvalue weighted by molar-refractivity contribution is 0.355. The van der Waals surface area contributed by atoms with E-state index in [1.165, 1.54) is 0 Å². The average Bonchev–Trinajstić information content (AvgIpc) is 2.88. The molecule has 0 aromatic carbocycles. The van der Waals surface area contributed by atoms with Crippen molar-refractivity contribution < 1.29 is 4.52 Å². The Labute approximate surface area is 106 Å². The molecule has 0 fully saturated rings. The summed E-state index contributed by atoms with van der Waals surface area (Å²) < 4.78 is 5.30. The van der Waals surface area contributed by atoms with Crippen LogP contribution in [0.3, 0.4) is 0 Å². The molecule has 0 bridgehead atoms. The molecule has 0 radical (unpaired) electrons. The standard InChI is InChI=1S/C13H18N4O/c1-3-10-8-15-7-5-11(10)12-16-13(18-17-12)9(2)4-6-14/h5,7-9H,3-4,6,14H2,1-2H3. The third-order valence-corrected chi connectivity index (χ3v) is 2.99. The fourth-order valence-electron chi connectivity index (χ4n) is 1.85. The summed E-state index contributed by atoms with van der Waals surface area (Å²) in [6.45, 7) is 4.74. The van der Waals surface area contributed by atoms with E-state index in [4.69, 9.17) is 10.3 Å². The van der Waals surface area contributed by atoms with Crippen LogP contribution in [0, 0.1) is 0 Å². The predicted molar refractivity (Wildman–Crippen MR) is 69.0 cm³/mol. The van der Waals surface area contributed by atoms with Gasteiger partial charge in [0.2, 0.25) is 11.7 Å². The largest absolute Gasteiger partial charge is 0.339 e. The molecular weight excluding hydrogens is 228 g/mol. The molecule has 2 N–H and O–H groups in total. The second-order valence-corrected chi connectivity index (χ2v) is 4.32. The van der Waals surface area contributed by atoms with Crippen molar-refractivity contribution in [2.24, 2.45) is 5.73 Å². The van der Waals surface area contributed by atoms with Crippen molar-refractivity contribution in [2.75, 3.05) is 6.54 Å². The Kier molecular flexibility index (Phi) is 4.04. The average molecular weight is 246 g/mol. The number of nitrogens with two attached hydrogens (primary N) is 1. The Hall–Kier alpha value is -1.75. The van der Waals surface area contributed by atoms with E-state index < -0.39 is 0 Å². The smallest absolute Gasteiger partial charge is 0.229 e. The molecule has 2 aromatic heterocycles. The first-order valence-corrected chi connectivity index (χ1v) is 6.23. The first-order chi connectivity index (χ1) is 8.76. The summed E-state index contributed by atoms with van der Waals surface area (Å²) in [7, 11) is 0. The first-order valence-electron chi connectivity index (χ1n) is 6.23. The number of rotatable bonds is 5. The van der Waals surface area contributed by atoms with Crippen LogP contribution in [0.1, 0.15) is 37.6 Å². The number of hydrogen-bond acceptors (Lipinski definition) is 5. The second-order valence-electron chi connectivity index (χ2n) is 4.32. The highest BCUT2D eigenvalue weighted by molar-refractivity contribution is 5.58. The van der Waals surface area contributed by atoms with Gasteiger partial charge in [0.1, 0.15) is 0 Å². The second kappa shape index (κ2) is 5.73. The number of aryl methyl sites for hydroxylation is 1. The first kappa shape index (κ1) is 12.7. The Bertz CT molecular complexity index is 509. The molecule has 0 aliphatic carbocycles. The Morgan fingerprint density at radius 1 is 1.44 bits per heavy atom. The van der Waals surface area contributed by atoms with Gasteiger partial charge in [0, 0.05) is 23.9 Å². The molecule has 0 aliphatic heterocycles. The van der Waals surface area contributed by atoms with Crippen LogP contribution in [0.4, 0.5) is 0 Å². The highest BCUT2D eigenvalue weighted by Gasteiger charge is 2.16. The van der Waals surface area contributed by atoms with Gasteiger partial charge in [-0.1, -0.05) is 19.0 Å². The Morgan fingerprint density at radius 2 is 2.28 bits per heavy atom. The van der Waals surface area contributed by atoms with Crippen LogP contribution in [0.25, 0.3) is 11.4 Å². The van der Waals surface area contributed by atoms with Crippen molar-refractivity contribution >= 4 is 0 Å². The third kappa shape index (κ3) is 2.56. The van der Waals surface area contributed by atoms with Crippen LogP contribution in [-0.4, -0.2) is 21.7 Å². The fraction of sp³-hybridized carbons (Fsp3) is 0.462. The molecule has 1 unspecified atom stereocenters. The van der Waals surface area contributed by atoms with E-state index in [0.29, 0.717) is 18.3 Å². The van der Waals surface area contributed by atoms with E-state index >= 15 is 0 Å². The molecule has 2 heterocycles. The molecule has 1 atom stereocenters. The summed E-state index contributed by atoms with van der Waals surface area (Å²) in [5, 5.41) is 4.04. The maximum atomic E-state index is 5.53. The summed E-state index contributed by atoms with van der Waals surface area (Å²) in [5.74, 6) is 1.48. The minimum Gasteiger partial charge on any atom is -0.339 e. The van der Waals surface area contributed by atoms with Crippen LogP contribution in [0.15, 0.2) is 23.0 Å². The van der Waals surface area contributed by atoms with Gasteiger partial charge in [0.05, 0.1) is 0 Å². The molecule has 0 saturated carbocycles. The molecule has 5 heteroatoms. The van der Waals surface area contributed by atoms with Gasteiger partial charge in [-0.15, -0.1) is 0 Å². The zero-order chi connectivity index (χ0) is 13.0. The summed E-state index contributed by atoms with van der Waals surface area (Å²) >= 11 is 0. The predicted octanol–water partition coefficient (Wildman–Crippen LogP) is 2.15. The van der Waals surface area contributed by atoms with Crippen molar-refractivity contribution in [3.8, 4) is 11.4 Å². The van der Waals surface area contributed by atoms with Crippen molar-refractivity contribution in [1.82, 2.24) is 15.1 Å². The van der Waals surface area contributed by atoms with E-state index in [-0.39, 0.29) is 5.92 Å². The normalized spacial score (nSPS) is 12.6. The molecule has 0 saturated heterocycles. The van der Waals surface area contributed by atoms with Gasteiger partial charge in [-0.3, -0.25) is 4.98 Å². The van der Waals surface area contributed by atoms with Gasteiger partial charge in [-0.05, 0) is 31.0 Å². The highest BCUT2D eigenvalue weighted by atomic mass is 16.5. The minimum absolute atomic E-state index is 0.197. The molecule has 2 aromatic rings. The fourth-order valence-corrected chi connectivity index (χ4v) is 1.85. The lowest BCUT2D eigenvalue weighted by atomic mass is 10.1. The molecule has 96 valence electrons. The van der Waals surface area contributed by atoms with Gasteiger partial charge in [0.15, 0.2) is 0 Å². The van der Waals surface area contributed by atoms with Gasteiger partial charge < -0.3 is 10.3 Å². The van der Waals surface area contributed by atoms with E-state index in [0.717, 1.165) is 24.0 Å². The maximum Gasteiger partial charge on any atom is 0.229 e. The van der Waals surface area contributed by atoms with Crippen LogP contribution in [0.2, 0.25) is 0 Å². The lowest BCUT2D eigenvalue weighted by Crippen LogP contribution is -2.04. The summed E-state index contributed by atoms with van der Waals surface area (Å²) in [6, 6.07) is 1.92. The summed E-state index contributed by atoms with van der Waals surface area (Å²) in [4.78, 5) is 8.56. The third-order valence-electron chi connectivity index (χ3n) is 2.99. The Morgan fingerprint density at radius 3 is 3.00 bits per heavy atom. The van der Waals surface area contributed by atoms with Crippen LogP contribution in [-0.2, 0) is 6.42 Å². The number of hydrogen-bond donors (Lipinski definition) is 1. The molecule has 2 rings (SSSR count). The zero-order valence-corrected chi connectivity index (χ0v) is 10.8. The monoisotopic (exact) mass is 246 g/mol. The number of aromatic nitrogens is 3. The van der Waals surface area contributed by atoms with Gasteiger partial charge in [0.25, 0.3) is 0 Å². The summed E-state index contributed by atoms with van der Waals surface area (Å²) in [6.07, 6.45) is 5.33. The molecule has 18 heavy (non-hydrogen) atoms. The van der Waals surface area contributed by atoms with E-state index in [1.54, 1.807) is 6.20 Å². The van der Waals surface area contributed by atoms with Crippen molar-refractivity contribution in [3.63, 3.8) is 0 Å². The van der Waals surface area contributed by atoms with Gasteiger partial charge >= 0.3 is 0 Å². The molecule has 5 nitrogen and oxygen atoms in total. The van der Waals surface area contributed by atoms with Gasteiger partial charge in [-0.2, -0.15) is 4.98 Å². The quantitative estimate of drug-likeness (QED) is 0.874. The van der Waals surface area contributed by atoms with E-state index in [1.807, 2.05) is 19.2 Å². The lowest BCUT2D eigenvalue weighted by Gasteiger charge is -2.02. The van der Waals surface area contributed by atoms with E-state index in [2.05, 4.69) is 22.0 Å². The maximum absolute atomic E-state index is 5.53. The minimum atomic E-state index is 0.197. The summed E-state index contributed by atoms with van der Waals surface area (Å²) in [5.41, 5.74) is 7.64. The van der Waals surface area contributed by atoms with Crippen LogP contribution < -0.4 is 5.73 Å². The number of pyridine rings is 1. The van der Waals surface area contributed by atoms with Crippen LogP contribution >= 0.6 is 0 Å². The van der Waals surface area contributed by atoms with E-state index in [9.17, 15) is 0 Å². The SMILES string of the molecule is CCc1cnccc1-c1noc(C(C)CCN)n1. The van der Waals surface area contributed by atoms with Gasteiger partial charge in [-0.25, -0.2) is 0 Å². The Balaban J connectivity index is 2.29. The van der Waals surface area contributed by atoms with Crippen molar-refractivity contribution in [2.45, 2.75) is 32.6 Å². The molecule has 0 spiro atoms. The zero-order valence-electron chi connectivity index (χ0n) is 10.8.